The number of hydrogen-bond acceptors (Lipinski definition) is 4. The molecule has 0 aliphatic heterocycles. The van der Waals surface area contributed by atoms with E-state index in [1.165, 1.54) is 0 Å². The predicted molar refractivity (Wildman–Crippen MR) is 73.4 cm³/mol. The van der Waals surface area contributed by atoms with Crippen LogP contribution in [0.5, 0.6) is 0 Å². The van der Waals surface area contributed by atoms with E-state index in [0.29, 0.717) is 5.69 Å². The minimum atomic E-state index is 0.714. The lowest BCUT2D eigenvalue weighted by atomic mass is 10.4. The van der Waals surface area contributed by atoms with Crippen molar-refractivity contribution in [2.24, 2.45) is 0 Å². The van der Waals surface area contributed by atoms with Crippen LogP contribution in [0.1, 0.15) is 5.69 Å². The number of anilines is 1. The number of aromatic nitrogens is 3. The Kier molecular flexibility index (Phi) is 2.90. The largest absolute Gasteiger partial charge is 0.397 e. The quantitative estimate of drug-likeness (QED) is 0.732. The summed E-state index contributed by atoms with van der Waals surface area (Å²) in [5.74, 6) is 0.801. The summed E-state index contributed by atoms with van der Waals surface area (Å²) in [5, 5.41) is 0. The average molecular weight is 256 g/mol. The second-order valence-corrected chi connectivity index (χ2v) is 4.92. The molecule has 0 radical (unpaired) electrons. The third-order valence-electron chi connectivity index (χ3n) is 2.60. The third-order valence-corrected chi connectivity index (χ3v) is 3.72. The van der Waals surface area contributed by atoms with Crippen LogP contribution in [0.3, 0.4) is 0 Å². The van der Waals surface area contributed by atoms with Gasteiger partial charge in [0.05, 0.1) is 17.6 Å². The van der Waals surface area contributed by atoms with Gasteiger partial charge in [0.25, 0.3) is 0 Å². The number of rotatable bonds is 3. The lowest BCUT2D eigenvalue weighted by Crippen LogP contribution is -1.89. The lowest BCUT2D eigenvalue weighted by Gasteiger charge is -2.01. The summed E-state index contributed by atoms with van der Waals surface area (Å²) < 4.78 is 2.02. The highest BCUT2D eigenvalue weighted by molar-refractivity contribution is 7.98. The number of thioether (sulfide) groups is 1. The van der Waals surface area contributed by atoms with Gasteiger partial charge in [-0.1, -0.05) is 6.07 Å². The minimum Gasteiger partial charge on any atom is -0.397 e. The molecule has 0 spiro atoms. The number of fused-ring (bicyclic) bond motifs is 1. The lowest BCUT2D eigenvalue weighted by molar-refractivity contribution is 1.18. The number of nitrogens with two attached hydrogens (primary N) is 1. The van der Waals surface area contributed by atoms with Crippen molar-refractivity contribution in [1.29, 1.82) is 0 Å². The molecule has 3 heterocycles. The van der Waals surface area contributed by atoms with Gasteiger partial charge in [-0.3, -0.25) is 4.98 Å². The topological polar surface area (TPSA) is 56.2 Å². The molecule has 0 aromatic carbocycles. The molecule has 3 aromatic rings. The fraction of sp³-hybridized carbons (Fsp3) is 0.0769. The van der Waals surface area contributed by atoms with E-state index in [1.54, 1.807) is 24.2 Å². The Morgan fingerprint density at radius 1 is 1.28 bits per heavy atom. The van der Waals surface area contributed by atoms with Gasteiger partial charge in [0.1, 0.15) is 5.65 Å². The maximum absolute atomic E-state index is 5.85. The van der Waals surface area contributed by atoms with Gasteiger partial charge in [0.2, 0.25) is 0 Å². The Morgan fingerprint density at radius 2 is 2.22 bits per heavy atom. The first-order valence-corrected chi connectivity index (χ1v) is 6.56. The zero-order valence-electron chi connectivity index (χ0n) is 9.65. The Balaban J connectivity index is 1.79. The molecule has 0 atom stereocenters. The molecule has 0 saturated carbocycles. The predicted octanol–water partition coefficient (Wildman–Crippen LogP) is 2.60. The van der Waals surface area contributed by atoms with E-state index < -0.39 is 0 Å². The van der Waals surface area contributed by atoms with Crippen molar-refractivity contribution in [1.82, 2.24) is 14.4 Å². The number of pyridine rings is 2. The smallest absolute Gasteiger partial charge is 0.137 e. The van der Waals surface area contributed by atoms with Crippen molar-refractivity contribution in [3.8, 4) is 0 Å². The SMILES string of the molecule is Nc1cnccc1SCc1cn2ccccc2n1. The van der Waals surface area contributed by atoms with Gasteiger partial charge in [-0.2, -0.15) is 0 Å². The number of nitrogen functional groups attached to an aromatic ring is 1. The maximum Gasteiger partial charge on any atom is 0.137 e. The first-order valence-electron chi connectivity index (χ1n) is 5.58. The molecule has 90 valence electrons. The summed E-state index contributed by atoms with van der Waals surface area (Å²) in [5.41, 5.74) is 8.58. The molecular weight excluding hydrogens is 244 g/mol. The second-order valence-electron chi connectivity index (χ2n) is 3.90. The molecule has 3 aromatic heterocycles. The Hall–Kier alpha value is -2.01. The summed E-state index contributed by atoms with van der Waals surface area (Å²) in [6, 6.07) is 7.90. The van der Waals surface area contributed by atoms with E-state index in [0.717, 1.165) is 22.0 Å². The zero-order chi connectivity index (χ0) is 12.4. The molecule has 4 nitrogen and oxygen atoms in total. The van der Waals surface area contributed by atoms with Gasteiger partial charge in [-0.15, -0.1) is 11.8 Å². The van der Waals surface area contributed by atoms with Gasteiger partial charge >= 0.3 is 0 Å². The van der Waals surface area contributed by atoms with Crippen molar-refractivity contribution in [3.63, 3.8) is 0 Å². The van der Waals surface area contributed by atoms with E-state index in [9.17, 15) is 0 Å². The van der Waals surface area contributed by atoms with Crippen molar-refractivity contribution < 1.29 is 0 Å². The molecule has 0 fully saturated rings. The molecule has 0 saturated heterocycles. The monoisotopic (exact) mass is 256 g/mol. The maximum atomic E-state index is 5.85. The number of imidazole rings is 1. The van der Waals surface area contributed by atoms with Gasteiger partial charge in [-0.05, 0) is 18.2 Å². The van der Waals surface area contributed by atoms with E-state index in [2.05, 4.69) is 9.97 Å². The van der Waals surface area contributed by atoms with Crippen LogP contribution in [-0.4, -0.2) is 14.4 Å². The average Bonchev–Trinajstić information content (AvgIpc) is 2.80. The third kappa shape index (κ3) is 2.17. The molecule has 0 unspecified atom stereocenters. The van der Waals surface area contributed by atoms with Crippen molar-refractivity contribution in [2.75, 3.05) is 5.73 Å². The van der Waals surface area contributed by atoms with Crippen LogP contribution in [0.2, 0.25) is 0 Å². The van der Waals surface area contributed by atoms with Crippen LogP contribution in [0.15, 0.2) is 53.9 Å². The highest BCUT2D eigenvalue weighted by Crippen LogP contribution is 2.26. The summed E-state index contributed by atoms with van der Waals surface area (Å²) in [6.45, 7) is 0. The van der Waals surface area contributed by atoms with Gasteiger partial charge in [-0.25, -0.2) is 4.98 Å². The molecule has 3 rings (SSSR count). The molecule has 0 amide bonds. The standard InChI is InChI=1S/C13H12N4S/c14-11-7-15-5-4-12(11)18-9-10-8-17-6-2-1-3-13(17)16-10/h1-8H,9,14H2. The van der Waals surface area contributed by atoms with Gasteiger partial charge < -0.3 is 10.1 Å². The van der Waals surface area contributed by atoms with Crippen LogP contribution in [0.4, 0.5) is 5.69 Å². The van der Waals surface area contributed by atoms with Crippen LogP contribution in [-0.2, 0) is 5.75 Å². The molecule has 2 N–H and O–H groups in total. The minimum absolute atomic E-state index is 0.714. The van der Waals surface area contributed by atoms with E-state index in [1.807, 2.05) is 41.1 Å². The second kappa shape index (κ2) is 4.70. The Morgan fingerprint density at radius 3 is 3.06 bits per heavy atom. The van der Waals surface area contributed by atoms with Crippen molar-refractivity contribution in [3.05, 3.63) is 54.7 Å². The molecule has 0 bridgehead atoms. The highest BCUT2D eigenvalue weighted by Gasteiger charge is 2.04. The van der Waals surface area contributed by atoms with Crippen molar-refractivity contribution in [2.45, 2.75) is 10.6 Å². The van der Waals surface area contributed by atoms with E-state index >= 15 is 0 Å². The van der Waals surface area contributed by atoms with E-state index in [4.69, 9.17) is 5.73 Å². The van der Waals surface area contributed by atoms with Crippen LogP contribution in [0.25, 0.3) is 5.65 Å². The number of nitrogens with zero attached hydrogens (tertiary/aromatic N) is 3. The molecule has 18 heavy (non-hydrogen) atoms. The highest BCUT2D eigenvalue weighted by atomic mass is 32.2. The van der Waals surface area contributed by atoms with Crippen LogP contribution >= 0.6 is 11.8 Å². The van der Waals surface area contributed by atoms with Crippen molar-refractivity contribution >= 4 is 23.1 Å². The van der Waals surface area contributed by atoms with Gasteiger partial charge in [0.15, 0.2) is 0 Å². The first kappa shape index (κ1) is 11.1. The Labute approximate surface area is 109 Å². The Bertz CT molecular complexity index is 644. The summed E-state index contributed by atoms with van der Waals surface area (Å²) in [7, 11) is 0. The van der Waals surface area contributed by atoms with Gasteiger partial charge in [0, 0.05) is 29.2 Å². The summed E-state index contributed by atoms with van der Waals surface area (Å²) >= 11 is 1.67. The fourth-order valence-corrected chi connectivity index (χ4v) is 2.55. The zero-order valence-corrected chi connectivity index (χ0v) is 10.5. The summed E-state index contributed by atoms with van der Waals surface area (Å²) in [4.78, 5) is 9.56. The molecule has 5 heteroatoms. The molecule has 0 aliphatic rings. The molecular formula is C13H12N4S. The van der Waals surface area contributed by atoms with Crippen LogP contribution in [0, 0.1) is 0 Å². The number of hydrogen-bond donors (Lipinski definition) is 1. The normalized spacial score (nSPS) is 10.9. The van der Waals surface area contributed by atoms with Crippen LogP contribution < -0.4 is 5.73 Å². The molecule has 0 aliphatic carbocycles. The van der Waals surface area contributed by atoms with E-state index in [-0.39, 0.29) is 0 Å². The first-order chi connectivity index (χ1) is 8.83. The fourth-order valence-electron chi connectivity index (χ4n) is 1.73. The summed E-state index contributed by atoms with van der Waals surface area (Å²) in [6.07, 6.45) is 7.46.